The van der Waals surface area contributed by atoms with Gasteiger partial charge in [0, 0.05) is 30.3 Å². The number of piperidine rings is 1. The van der Waals surface area contributed by atoms with E-state index in [1.54, 1.807) is 12.1 Å². The Bertz CT molecular complexity index is 1760. The third-order valence-corrected chi connectivity index (χ3v) is 9.20. The third-order valence-electron chi connectivity index (χ3n) is 9.20. The van der Waals surface area contributed by atoms with Gasteiger partial charge in [-0.15, -0.1) is 0 Å². The molecular formula is C34H32F3N5O3. The van der Waals surface area contributed by atoms with Gasteiger partial charge in [-0.3, -0.25) is 4.79 Å². The van der Waals surface area contributed by atoms with Crippen LogP contribution in [0.15, 0.2) is 66.9 Å². The highest BCUT2D eigenvalue weighted by Crippen LogP contribution is 2.41. The molecule has 11 heteroatoms. The maximum absolute atomic E-state index is 13.9. The number of halogens is 3. The SMILES string of the molecule is O=C(O)c1cnn(-c2cccc(-c3cccc4c3C(Nc3ccc(C5CCN(C(=O)C6CC6)CC5)cc3)CC4)n2)c1C(F)(F)F. The third kappa shape index (κ3) is 5.67. The van der Waals surface area contributed by atoms with Crippen molar-refractivity contribution in [1.82, 2.24) is 19.7 Å². The quantitative estimate of drug-likeness (QED) is 0.236. The van der Waals surface area contributed by atoms with Crippen molar-refractivity contribution in [2.45, 2.75) is 56.7 Å². The fraction of sp³-hybridized carbons (Fsp3) is 0.353. The minimum atomic E-state index is -4.94. The molecule has 7 rings (SSSR count). The first-order valence-corrected chi connectivity index (χ1v) is 15.3. The minimum absolute atomic E-state index is 0.0294. The zero-order chi connectivity index (χ0) is 31.3. The van der Waals surface area contributed by atoms with Crippen molar-refractivity contribution in [2.24, 2.45) is 5.92 Å². The van der Waals surface area contributed by atoms with Crippen molar-refractivity contribution in [3.8, 4) is 17.1 Å². The van der Waals surface area contributed by atoms with Crippen LogP contribution in [0.4, 0.5) is 18.9 Å². The number of hydrogen-bond donors (Lipinski definition) is 2. The van der Waals surface area contributed by atoms with Gasteiger partial charge in [0.05, 0.1) is 17.9 Å². The topological polar surface area (TPSA) is 100 Å². The molecule has 4 aromatic rings. The lowest BCUT2D eigenvalue weighted by atomic mass is 9.89. The maximum Gasteiger partial charge on any atom is 0.434 e. The number of alkyl halides is 3. The fourth-order valence-corrected chi connectivity index (χ4v) is 6.77. The van der Waals surface area contributed by atoms with Crippen LogP contribution >= 0.6 is 0 Å². The van der Waals surface area contributed by atoms with Crippen LogP contribution in [-0.4, -0.2) is 49.7 Å². The van der Waals surface area contributed by atoms with Gasteiger partial charge in [-0.05, 0) is 85.4 Å². The molecule has 0 radical (unpaired) electrons. The van der Waals surface area contributed by atoms with Gasteiger partial charge in [0.2, 0.25) is 5.91 Å². The normalized spacial score (nSPS) is 18.6. The average Bonchev–Trinajstić information content (AvgIpc) is 3.65. The molecule has 1 saturated heterocycles. The second-order valence-corrected chi connectivity index (χ2v) is 12.1. The molecule has 2 aromatic carbocycles. The zero-order valence-corrected chi connectivity index (χ0v) is 24.4. The van der Waals surface area contributed by atoms with Crippen molar-refractivity contribution in [2.75, 3.05) is 18.4 Å². The summed E-state index contributed by atoms with van der Waals surface area (Å²) >= 11 is 0. The minimum Gasteiger partial charge on any atom is -0.478 e. The first-order chi connectivity index (χ1) is 21.7. The Hall–Kier alpha value is -4.67. The summed E-state index contributed by atoms with van der Waals surface area (Å²) in [5.41, 5.74) is 3.40. The maximum atomic E-state index is 13.9. The highest BCUT2D eigenvalue weighted by molar-refractivity contribution is 5.89. The van der Waals surface area contributed by atoms with Crippen LogP contribution in [0.2, 0.25) is 0 Å². The molecule has 1 amide bonds. The monoisotopic (exact) mass is 615 g/mol. The molecule has 45 heavy (non-hydrogen) atoms. The average molecular weight is 616 g/mol. The van der Waals surface area contributed by atoms with Crippen LogP contribution in [0, 0.1) is 5.92 Å². The summed E-state index contributed by atoms with van der Waals surface area (Å²) < 4.78 is 42.2. The number of pyridine rings is 1. The van der Waals surface area contributed by atoms with Crippen molar-refractivity contribution in [3.05, 3.63) is 94.8 Å². The van der Waals surface area contributed by atoms with Crippen LogP contribution in [0.3, 0.4) is 0 Å². The number of carboxylic acid groups (broad SMARTS) is 1. The van der Waals surface area contributed by atoms with E-state index in [1.165, 1.54) is 11.6 Å². The number of anilines is 1. The number of carboxylic acids is 1. The number of carbonyl (C=O) groups excluding carboxylic acids is 1. The Kier molecular flexibility index (Phi) is 7.33. The largest absolute Gasteiger partial charge is 0.478 e. The number of aromatic nitrogens is 3. The van der Waals surface area contributed by atoms with Gasteiger partial charge in [0.25, 0.3) is 0 Å². The van der Waals surface area contributed by atoms with Crippen molar-refractivity contribution >= 4 is 17.6 Å². The van der Waals surface area contributed by atoms with Gasteiger partial charge in [-0.25, -0.2) is 14.5 Å². The van der Waals surface area contributed by atoms with E-state index in [2.05, 4.69) is 45.7 Å². The Morgan fingerprint density at radius 2 is 1.64 bits per heavy atom. The van der Waals surface area contributed by atoms with Crippen LogP contribution in [-0.2, 0) is 17.4 Å². The fourth-order valence-electron chi connectivity index (χ4n) is 6.77. The number of benzene rings is 2. The Morgan fingerprint density at radius 1 is 0.911 bits per heavy atom. The predicted molar refractivity (Wildman–Crippen MR) is 161 cm³/mol. The molecule has 2 fully saturated rings. The molecule has 1 atom stereocenters. The van der Waals surface area contributed by atoms with E-state index in [1.807, 2.05) is 17.0 Å². The van der Waals surface area contributed by atoms with E-state index in [9.17, 15) is 27.9 Å². The van der Waals surface area contributed by atoms with Gasteiger partial charge in [-0.2, -0.15) is 18.3 Å². The number of hydrogen-bond acceptors (Lipinski definition) is 5. The van der Waals surface area contributed by atoms with Crippen LogP contribution in [0.25, 0.3) is 17.1 Å². The number of nitrogens with one attached hydrogen (secondary N) is 1. The zero-order valence-electron chi connectivity index (χ0n) is 24.4. The van der Waals surface area contributed by atoms with E-state index >= 15 is 0 Å². The molecule has 2 aliphatic carbocycles. The Balaban J connectivity index is 1.11. The molecule has 1 aliphatic heterocycles. The summed E-state index contributed by atoms with van der Waals surface area (Å²) in [6.07, 6.45) is 1.46. The second-order valence-electron chi connectivity index (χ2n) is 12.1. The number of fused-ring (bicyclic) bond motifs is 1. The Labute approximate surface area is 257 Å². The molecule has 2 aromatic heterocycles. The molecule has 8 nitrogen and oxygen atoms in total. The van der Waals surface area contributed by atoms with Crippen LogP contribution in [0.1, 0.15) is 76.8 Å². The molecule has 1 unspecified atom stereocenters. The van der Waals surface area contributed by atoms with E-state index in [4.69, 9.17) is 0 Å². The summed E-state index contributed by atoms with van der Waals surface area (Å²) in [6.45, 7) is 1.63. The van der Waals surface area contributed by atoms with Gasteiger partial charge < -0.3 is 15.3 Å². The molecular weight excluding hydrogens is 583 g/mol. The summed E-state index contributed by atoms with van der Waals surface area (Å²) in [7, 11) is 0. The summed E-state index contributed by atoms with van der Waals surface area (Å²) in [5.74, 6) is -0.813. The van der Waals surface area contributed by atoms with E-state index < -0.39 is 23.4 Å². The summed E-state index contributed by atoms with van der Waals surface area (Å²) in [6, 6.07) is 19.1. The predicted octanol–water partition coefficient (Wildman–Crippen LogP) is 6.87. The first-order valence-electron chi connectivity index (χ1n) is 15.3. The lowest BCUT2D eigenvalue weighted by Gasteiger charge is -2.32. The molecule has 3 aliphatic rings. The molecule has 1 saturated carbocycles. The number of aryl methyl sites for hydroxylation is 1. The molecule has 0 bridgehead atoms. The van der Waals surface area contributed by atoms with E-state index in [-0.39, 0.29) is 17.8 Å². The van der Waals surface area contributed by atoms with E-state index in [0.717, 1.165) is 74.0 Å². The molecule has 2 N–H and O–H groups in total. The first kappa shape index (κ1) is 29.1. The van der Waals surface area contributed by atoms with Gasteiger partial charge in [0.1, 0.15) is 5.56 Å². The Morgan fingerprint density at radius 3 is 2.33 bits per heavy atom. The number of nitrogens with zero attached hydrogens (tertiary/aromatic N) is 4. The number of rotatable bonds is 7. The number of likely N-dealkylation sites (tertiary alicyclic amines) is 1. The second kappa shape index (κ2) is 11.4. The summed E-state index contributed by atoms with van der Waals surface area (Å²) in [4.78, 5) is 30.5. The van der Waals surface area contributed by atoms with Crippen LogP contribution < -0.4 is 5.32 Å². The lowest BCUT2D eigenvalue weighted by molar-refractivity contribution is -0.143. The number of aromatic carboxylic acids is 1. The van der Waals surface area contributed by atoms with Gasteiger partial charge in [0.15, 0.2) is 11.5 Å². The highest BCUT2D eigenvalue weighted by Gasteiger charge is 2.41. The van der Waals surface area contributed by atoms with E-state index in [0.29, 0.717) is 28.4 Å². The van der Waals surface area contributed by atoms with Crippen molar-refractivity contribution in [1.29, 1.82) is 0 Å². The molecule has 0 spiro atoms. The number of amides is 1. The summed E-state index contributed by atoms with van der Waals surface area (Å²) in [5, 5.41) is 16.7. The van der Waals surface area contributed by atoms with Gasteiger partial charge in [-0.1, -0.05) is 36.4 Å². The van der Waals surface area contributed by atoms with Crippen molar-refractivity contribution < 1.29 is 27.9 Å². The van der Waals surface area contributed by atoms with Gasteiger partial charge >= 0.3 is 12.1 Å². The lowest BCUT2D eigenvalue weighted by Crippen LogP contribution is -2.38. The number of carbonyl (C=O) groups is 2. The molecule has 232 valence electrons. The highest BCUT2D eigenvalue weighted by atomic mass is 19.4. The molecule has 3 heterocycles. The van der Waals surface area contributed by atoms with Crippen molar-refractivity contribution in [3.63, 3.8) is 0 Å². The standard InChI is InChI=1S/C34H32F3N5O3/c35-34(36,37)31-26(33(44)45)19-38-42(31)29-6-2-5-27(40-29)25-4-1-3-22-11-14-28(30(22)25)39-24-12-9-20(10-13-24)21-15-17-41(18-16-21)32(43)23-7-8-23/h1-6,9-10,12-13,19,21,23,28,39H,7-8,11,14-18H2,(H,44,45). The van der Waals surface area contributed by atoms with Crippen LogP contribution in [0.5, 0.6) is 0 Å². The smallest absolute Gasteiger partial charge is 0.434 e.